The Morgan fingerprint density at radius 2 is 2.36 bits per heavy atom. The smallest absolute Gasteiger partial charge is 0.152 e. The van der Waals surface area contributed by atoms with Crippen LogP contribution < -0.4 is 0 Å². The Kier molecular flexibility index (Phi) is 1.15. The monoisotopic (exact) mass is 151 g/mol. The quantitative estimate of drug-likeness (QED) is 0.565. The first-order valence-corrected chi connectivity index (χ1v) is 3.23. The van der Waals surface area contributed by atoms with E-state index in [2.05, 4.69) is 10.1 Å². The standard InChI is InChI=1S/C7H6FN3/c1-5-7-6(8)2-3-11(7)10-4-9-5/h2-4H,1H3. The van der Waals surface area contributed by atoms with E-state index in [1.165, 1.54) is 16.9 Å². The van der Waals surface area contributed by atoms with Crippen molar-refractivity contribution >= 4 is 5.52 Å². The molecule has 0 radical (unpaired) electrons. The third kappa shape index (κ3) is 0.790. The molecular weight excluding hydrogens is 145 g/mol. The Morgan fingerprint density at radius 3 is 3.09 bits per heavy atom. The first-order valence-electron chi connectivity index (χ1n) is 3.23. The van der Waals surface area contributed by atoms with Crippen LogP contribution in [0.25, 0.3) is 5.52 Å². The maximum atomic E-state index is 12.9. The zero-order valence-electron chi connectivity index (χ0n) is 5.95. The van der Waals surface area contributed by atoms with Crippen molar-refractivity contribution in [1.82, 2.24) is 14.6 Å². The van der Waals surface area contributed by atoms with E-state index in [4.69, 9.17) is 0 Å². The molecule has 2 aromatic heterocycles. The Bertz CT molecular complexity index is 393. The maximum absolute atomic E-state index is 12.9. The highest BCUT2D eigenvalue weighted by molar-refractivity contribution is 5.51. The highest BCUT2D eigenvalue weighted by atomic mass is 19.1. The number of aryl methyl sites for hydroxylation is 1. The van der Waals surface area contributed by atoms with Crippen molar-refractivity contribution in [3.63, 3.8) is 0 Å². The molecule has 3 nitrogen and oxygen atoms in total. The van der Waals surface area contributed by atoms with E-state index in [-0.39, 0.29) is 5.82 Å². The number of fused-ring (bicyclic) bond motifs is 1. The second kappa shape index (κ2) is 2.02. The van der Waals surface area contributed by atoms with Gasteiger partial charge in [0, 0.05) is 6.20 Å². The minimum absolute atomic E-state index is 0.275. The molecule has 4 heteroatoms. The topological polar surface area (TPSA) is 30.2 Å². The Balaban J connectivity index is 2.96. The van der Waals surface area contributed by atoms with Gasteiger partial charge in [-0.3, -0.25) is 0 Å². The molecule has 0 atom stereocenters. The second-order valence-electron chi connectivity index (χ2n) is 2.30. The molecular formula is C7H6FN3. The normalized spacial score (nSPS) is 10.7. The minimum Gasteiger partial charge on any atom is -0.237 e. The average molecular weight is 151 g/mol. The summed E-state index contributed by atoms with van der Waals surface area (Å²) in [5, 5.41) is 3.83. The van der Waals surface area contributed by atoms with E-state index in [1.807, 2.05) is 0 Å². The molecule has 0 unspecified atom stereocenters. The highest BCUT2D eigenvalue weighted by Gasteiger charge is 2.04. The molecule has 0 bridgehead atoms. The number of halogens is 1. The van der Waals surface area contributed by atoms with Crippen LogP contribution in [0.5, 0.6) is 0 Å². The van der Waals surface area contributed by atoms with Gasteiger partial charge in [-0.05, 0) is 13.0 Å². The fraction of sp³-hybridized carbons (Fsp3) is 0.143. The number of hydrogen-bond acceptors (Lipinski definition) is 2. The van der Waals surface area contributed by atoms with Crippen LogP contribution in [0.4, 0.5) is 4.39 Å². The number of aromatic nitrogens is 3. The molecule has 2 heterocycles. The molecule has 0 saturated carbocycles. The molecule has 0 saturated heterocycles. The predicted octanol–water partition coefficient (Wildman–Crippen LogP) is 1.18. The molecule has 0 aliphatic heterocycles. The minimum atomic E-state index is -0.275. The lowest BCUT2D eigenvalue weighted by Crippen LogP contribution is -1.94. The van der Waals surface area contributed by atoms with E-state index >= 15 is 0 Å². The Morgan fingerprint density at radius 1 is 1.55 bits per heavy atom. The van der Waals surface area contributed by atoms with Crippen molar-refractivity contribution in [2.45, 2.75) is 6.92 Å². The fourth-order valence-corrected chi connectivity index (χ4v) is 1.06. The number of hydrogen-bond donors (Lipinski definition) is 0. The Labute approximate surface area is 62.5 Å². The van der Waals surface area contributed by atoms with Crippen LogP contribution in [0.15, 0.2) is 18.6 Å². The summed E-state index contributed by atoms with van der Waals surface area (Å²) in [7, 11) is 0. The molecule has 56 valence electrons. The molecule has 2 aromatic rings. The van der Waals surface area contributed by atoms with Gasteiger partial charge in [0.05, 0.1) is 5.69 Å². The lowest BCUT2D eigenvalue weighted by atomic mass is 10.4. The number of rotatable bonds is 0. The van der Waals surface area contributed by atoms with Crippen LogP contribution in [0.3, 0.4) is 0 Å². The molecule has 0 aliphatic rings. The van der Waals surface area contributed by atoms with Gasteiger partial charge in [-0.2, -0.15) is 5.10 Å². The van der Waals surface area contributed by atoms with Gasteiger partial charge in [-0.25, -0.2) is 13.9 Å². The summed E-state index contributed by atoms with van der Waals surface area (Å²) in [6.07, 6.45) is 2.97. The molecule has 11 heavy (non-hydrogen) atoms. The van der Waals surface area contributed by atoms with E-state index in [0.717, 1.165) is 0 Å². The summed E-state index contributed by atoms with van der Waals surface area (Å²) in [6.45, 7) is 1.75. The van der Waals surface area contributed by atoms with Gasteiger partial charge in [0.2, 0.25) is 0 Å². The molecule has 0 amide bonds. The molecule has 2 rings (SSSR count). The van der Waals surface area contributed by atoms with Crippen LogP contribution in [-0.4, -0.2) is 14.6 Å². The fourth-order valence-electron chi connectivity index (χ4n) is 1.06. The zero-order valence-corrected chi connectivity index (χ0v) is 5.95. The lowest BCUT2D eigenvalue weighted by molar-refractivity contribution is 0.637. The Hall–Kier alpha value is -1.45. The summed E-state index contributed by atoms with van der Waals surface area (Å²) in [5.41, 5.74) is 1.11. The van der Waals surface area contributed by atoms with E-state index in [0.29, 0.717) is 11.2 Å². The van der Waals surface area contributed by atoms with Gasteiger partial charge in [0.25, 0.3) is 0 Å². The summed E-state index contributed by atoms with van der Waals surface area (Å²) >= 11 is 0. The van der Waals surface area contributed by atoms with Crippen molar-refractivity contribution in [1.29, 1.82) is 0 Å². The van der Waals surface area contributed by atoms with E-state index < -0.39 is 0 Å². The molecule has 0 aliphatic carbocycles. The van der Waals surface area contributed by atoms with Crippen LogP contribution >= 0.6 is 0 Å². The molecule has 0 N–H and O–H groups in total. The third-order valence-corrected chi connectivity index (χ3v) is 1.59. The molecule has 0 fully saturated rings. The van der Waals surface area contributed by atoms with Crippen LogP contribution in [0.1, 0.15) is 5.69 Å². The third-order valence-electron chi connectivity index (χ3n) is 1.59. The van der Waals surface area contributed by atoms with Gasteiger partial charge in [0.1, 0.15) is 11.8 Å². The van der Waals surface area contributed by atoms with Gasteiger partial charge < -0.3 is 0 Å². The SMILES string of the molecule is Cc1ncnn2ccc(F)c12. The van der Waals surface area contributed by atoms with Gasteiger partial charge >= 0.3 is 0 Å². The second-order valence-corrected chi connectivity index (χ2v) is 2.30. The van der Waals surface area contributed by atoms with Gasteiger partial charge in [0.15, 0.2) is 5.82 Å². The van der Waals surface area contributed by atoms with Crippen molar-refractivity contribution in [3.05, 3.63) is 30.1 Å². The van der Waals surface area contributed by atoms with Crippen LogP contribution in [-0.2, 0) is 0 Å². The molecule has 0 spiro atoms. The van der Waals surface area contributed by atoms with E-state index in [9.17, 15) is 4.39 Å². The first-order chi connectivity index (χ1) is 5.29. The van der Waals surface area contributed by atoms with Gasteiger partial charge in [-0.1, -0.05) is 0 Å². The predicted molar refractivity (Wildman–Crippen MR) is 37.7 cm³/mol. The number of nitrogens with zero attached hydrogens (tertiary/aromatic N) is 3. The van der Waals surface area contributed by atoms with Crippen molar-refractivity contribution < 1.29 is 4.39 Å². The van der Waals surface area contributed by atoms with Crippen LogP contribution in [0, 0.1) is 12.7 Å². The lowest BCUT2D eigenvalue weighted by Gasteiger charge is -1.94. The largest absolute Gasteiger partial charge is 0.237 e. The van der Waals surface area contributed by atoms with Crippen molar-refractivity contribution in [2.75, 3.05) is 0 Å². The van der Waals surface area contributed by atoms with Crippen molar-refractivity contribution in [3.8, 4) is 0 Å². The summed E-state index contributed by atoms with van der Waals surface area (Å²) < 4.78 is 14.4. The van der Waals surface area contributed by atoms with Gasteiger partial charge in [-0.15, -0.1) is 0 Å². The average Bonchev–Trinajstić information content (AvgIpc) is 2.34. The van der Waals surface area contributed by atoms with E-state index in [1.54, 1.807) is 13.1 Å². The summed E-state index contributed by atoms with van der Waals surface area (Å²) in [5.74, 6) is -0.275. The first kappa shape index (κ1) is 6.27. The summed E-state index contributed by atoms with van der Waals surface area (Å²) in [4.78, 5) is 3.87. The highest BCUT2D eigenvalue weighted by Crippen LogP contribution is 2.10. The summed E-state index contributed by atoms with van der Waals surface area (Å²) in [6, 6.07) is 1.37. The maximum Gasteiger partial charge on any atom is 0.152 e. The van der Waals surface area contributed by atoms with Crippen LogP contribution in [0.2, 0.25) is 0 Å². The van der Waals surface area contributed by atoms with Crippen molar-refractivity contribution in [2.24, 2.45) is 0 Å². The molecule has 0 aromatic carbocycles. The zero-order chi connectivity index (χ0) is 7.84.